The predicted octanol–water partition coefficient (Wildman–Crippen LogP) is 0.443. The molecule has 0 aliphatic heterocycles. The van der Waals surface area contributed by atoms with Crippen LogP contribution in [0.1, 0.15) is 0 Å². The van der Waals surface area contributed by atoms with Crippen molar-refractivity contribution in [1.82, 2.24) is 14.7 Å². The van der Waals surface area contributed by atoms with Gasteiger partial charge in [0.05, 0.1) is 6.20 Å². The number of nitrogens with zero attached hydrogens (tertiary/aromatic N) is 3. The molecule has 0 saturated carbocycles. The first-order valence-corrected chi connectivity index (χ1v) is 3.06. The minimum absolute atomic E-state index is 0.541. The van der Waals surface area contributed by atoms with E-state index in [1.54, 1.807) is 23.2 Å². The van der Waals surface area contributed by atoms with E-state index in [0.29, 0.717) is 11.6 Å². The van der Waals surface area contributed by atoms with Gasteiger partial charge in [0.1, 0.15) is 18.4 Å². The third kappa shape index (κ3) is 0.861. The van der Waals surface area contributed by atoms with Gasteiger partial charge in [-0.3, -0.25) is 4.57 Å². The summed E-state index contributed by atoms with van der Waals surface area (Å²) in [5, 5.41) is 3.69. The van der Waals surface area contributed by atoms with E-state index in [0.717, 1.165) is 0 Å². The van der Waals surface area contributed by atoms with E-state index in [1.807, 2.05) is 0 Å². The Kier molecular flexibility index (Phi) is 1.15. The summed E-state index contributed by atoms with van der Waals surface area (Å²) in [7, 11) is 0. The summed E-state index contributed by atoms with van der Waals surface area (Å²) in [4.78, 5) is 3.83. The van der Waals surface area contributed by atoms with Crippen molar-refractivity contribution < 1.29 is 4.52 Å². The minimum atomic E-state index is 0.541. The number of anilines is 1. The van der Waals surface area contributed by atoms with Crippen LogP contribution in [0.5, 0.6) is 0 Å². The van der Waals surface area contributed by atoms with Gasteiger partial charge in [-0.1, -0.05) is 5.16 Å². The van der Waals surface area contributed by atoms with Gasteiger partial charge in [-0.05, 0) is 0 Å². The molecule has 0 spiro atoms. The second kappa shape index (κ2) is 2.12. The Morgan fingerprint density at radius 3 is 3.00 bits per heavy atom. The molecule has 0 bridgehead atoms. The topological polar surface area (TPSA) is 69.9 Å². The van der Waals surface area contributed by atoms with Gasteiger partial charge in [0.2, 0.25) is 0 Å². The second-order valence-corrected chi connectivity index (χ2v) is 2.05. The number of rotatable bonds is 1. The Balaban J connectivity index is 2.53. The Hall–Kier alpha value is -1.78. The summed E-state index contributed by atoms with van der Waals surface area (Å²) in [6.45, 7) is 0. The molecule has 2 heterocycles. The van der Waals surface area contributed by atoms with Crippen molar-refractivity contribution in [1.29, 1.82) is 0 Å². The van der Waals surface area contributed by atoms with Gasteiger partial charge in [0.15, 0.2) is 5.82 Å². The molecule has 0 fully saturated rings. The molecule has 5 nitrogen and oxygen atoms in total. The van der Waals surface area contributed by atoms with Crippen molar-refractivity contribution in [2.45, 2.75) is 0 Å². The maximum Gasteiger partial charge on any atom is 0.182 e. The van der Waals surface area contributed by atoms with Gasteiger partial charge >= 0.3 is 0 Å². The molecule has 11 heavy (non-hydrogen) atoms. The highest BCUT2D eigenvalue weighted by atomic mass is 16.5. The monoisotopic (exact) mass is 150 g/mol. The lowest BCUT2D eigenvalue weighted by atomic mass is 10.6. The molecule has 2 aromatic rings. The number of hydrogen-bond donors (Lipinski definition) is 1. The van der Waals surface area contributed by atoms with Crippen molar-refractivity contribution in [3.05, 3.63) is 24.9 Å². The average Bonchev–Trinajstić information content (AvgIpc) is 2.55. The first kappa shape index (κ1) is 5.96. The molecule has 5 heteroatoms. The Morgan fingerprint density at radius 2 is 2.45 bits per heavy atom. The molecule has 2 aromatic heterocycles. The number of nitrogen functional groups attached to an aromatic ring is 1. The first-order valence-electron chi connectivity index (χ1n) is 3.06. The summed E-state index contributed by atoms with van der Waals surface area (Å²) in [5.74, 6) is 1.18. The van der Waals surface area contributed by atoms with Crippen LogP contribution in [-0.4, -0.2) is 14.7 Å². The van der Waals surface area contributed by atoms with Crippen molar-refractivity contribution in [3.63, 3.8) is 0 Å². The van der Waals surface area contributed by atoms with Crippen LogP contribution in [0.25, 0.3) is 5.82 Å². The lowest BCUT2D eigenvalue weighted by Gasteiger charge is -1.95. The summed E-state index contributed by atoms with van der Waals surface area (Å²) in [5.41, 5.74) is 5.55. The van der Waals surface area contributed by atoms with Crippen molar-refractivity contribution >= 4 is 5.82 Å². The normalized spacial score (nSPS) is 10.2. The number of imidazole rings is 1. The van der Waals surface area contributed by atoms with Crippen LogP contribution in [0.4, 0.5) is 5.82 Å². The van der Waals surface area contributed by atoms with Gasteiger partial charge < -0.3 is 10.3 Å². The number of nitrogens with two attached hydrogens (primary N) is 1. The van der Waals surface area contributed by atoms with Crippen molar-refractivity contribution in [3.8, 4) is 5.82 Å². The van der Waals surface area contributed by atoms with E-state index in [-0.39, 0.29) is 0 Å². The molecule has 2 N–H and O–H groups in total. The molecule has 0 unspecified atom stereocenters. The lowest BCUT2D eigenvalue weighted by Crippen LogP contribution is -1.97. The summed E-state index contributed by atoms with van der Waals surface area (Å²) < 4.78 is 6.27. The van der Waals surface area contributed by atoms with Gasteiger partial charge in [0, 0.05) is 6.07 Å². The van der Waals surface area contributed by atoms with Crippen LogP contribution in [0.3, 0.4) is 0 Å². The van der Waals surface area contributed by atoms with Crippen molar-refractivity contribution in [2.24, 2.45) is 0 Å². The molecular weight excluding hydrogens is 144 g/mol. The zero-order chi connectivity index (χ0) is 7.68. The summed E-state index contributed by atoms with van der Waals surface area (Å²) in [6, 6.07) is 1.71. The molecular formula is C6H6N4O. The van der Waals surface area contributed by atoms with E-state index < -0.39 is 0 Å². The van der Waals surface area contributed by atoms with Gasteiger partial charge in [-0.15, -0.1) is 0 Å². The predicted molar refractivity (Wildman–Crippen MR) is 38.0 cm³/mol. The van der Waals surface area contributed by atoms with E-state index >= 15 is 0 Å². The Bertz CT molecular complexity index is 337. The van der Waals surface area contributed by atoms with E-state index in [9.17, 15) is 0 Å². The maximum atomic E-state index is 5.55. The fourth-order valence-electron chi connectivity index (χ4n) is 0.827. The molecule has 56 valence electrons. The van der Waals surface area contributed by atoms with Crippen LogP contribution in [-0.2, 0) is 0 Å². The second-order valence-electron chi connectivity index (χ2n) is 2.05. The molecule has 0 aromatic carbocycles. The maximum absolute atomic E-state index is 5.55. The van der Waals surface area contributed by atoms with Crippen LogP contribution >= 0.6 is 0 Å². The SMILES string of the molecule is Nc1cncn1-c1ccon1. The lowest BCUT2D eigenvalue weighted by molar-refractivity contribution is 0.417. The Labute approximate surface area is 62.4 Å². The largest absolute Gasteiger partial charge is 0.383 e. The van der Waals surface area contributed by atoms with E-state index in [4.69, 9.17) is 5.73 Å². The third-order valence-corrected chi connectivity index (χ3v) is 1.34. The van der Waals surface area contributed by atoms with Crippen LogP contribution in [0, 0.1) is 0 Å². The first-order chi connectivity index (χ1) is 5.38. The van der Waals surface area contributed by atoms with E-state index in [2.05, 4.69) is 14.7 Å². The smallest absolute Gasteiger partial charge is 0.182 e. The zero-order valence-electron chi connectivity index (χ0n) is 5.64. The molecule has 0 amide bonds. The summed E-state index contributed by atoms with van der Waals surface area (Å²) in [6.07, 6.45) is 4.61. The highest BCUT2D eigenvalue weighted by Gasteiger charge is 2.01. The highest BCUT2D eigenvalue weighted by molar-refractivity contribution is 5.35. The van der Waals surface area contributed by atoms with E-state index in [1.165, 1.54) is 6.26 Å². The molecule has 0 aliphatic carbocycles. The Morgan fingerprint density at radius 1 is 1.55 bits per heavy atom. The molecule has 0 saturated heterocycles. The van der Waals surface area contributed by atoms with Crippen molar-refractivity contribution in [2.75, 3.05) is 5.73 Å². The molecule has 2 rings (SSSR count). The van der Waals surface area contributed by atoms with Gasteiger partial charge in [-0.25, -0.2) is 4.98 Å². The average molecular weight is 150 g/mol. The summed E-state index contributed by atoms with van der Waals surface area (Å²) >= 11 is 0. The third-order valence-electron chi connectivity index (χ3n) is 1.34. The fourth-order valence-corrected chi connectivity index (χ4v) is 0.827. The number of hydrogen-bond acceptors (Lipinski definition) is 4. The van der Waals surface area contributed by atoms with Crippen LogP contribution in [0.15, 0.2) is 29.4 Å². The minimum Gasteiger partial charge on any atom is -0.383 e. The van der Waals surface area contributed by atoms with Crippen LogP contribution < -0.4 is 5.73 Å². The van der Waals surface area contributed by atoms with Gasteiger partial charge in [0.25, 0.3) is 0 Å². The van der Waals surface area contributed by atoms with Gasteiger partial charge in [-0.2, -0.15) is 0 Å². The molecule has 0 aliphatic rings. The standard InChI is InChI=1S/C6H6N4O/c7-5-3-8-4-10(5)6-1-2-11-9-6/h1-4H,7H2. The quantitative estimate of drug-likeness (QED) is 0.640. The highest BCUT2D eigenvalue weighted by Crippen LogP contribution is 2.08. The fraction of sp³-hybridized carbons (Fsp3) is 0. The number of aromatic nitrogens is 3. The molecule has 0 atom stereocenters. The van der Waals surface area contributed by atoms with Crippen LogP contribution in [0.2, 0.25) is 0 Å². The zero-order valence-corrected chi connectivity index (χ0v) is 5.64. The molecule has 0 radical (unpaired) electrons.